The van der Waals surface area contributed by atoms with Crippen molar-refractivity contribution in [1.29, 1.82) is 0 Å². The molecule has 1 atom stereocenters. The SMILES string of the molecule is CCC(CC)C(NN)c1cn(C)nc1C. The van der Waals surface area contributed by atoms with E-state index in [1.807, 2.05) is 18.7 Å². The third kappa shape index (κ3) is 2.58. The van der Waals surface area contributed by atoms with Crippen LogP contribution in [0, 0.1) is 12.8 Å². The number of aromatic nitrogens is 2. The van der Waals surface area contributed by atoms with Crippen LogP contribution in [0.25, 0.3) is 0 Å². The van der Waals surface area contributed by atoms with Gasteiger partial charge in [-0.25, -0.2) is 0 Å². The molecule has 4 heteroatoms. The van der Waals surface area contributed by atoms with Gasteiger partial charge in [-0.2, -0.15) is 5.10 Å². The Morgan fingerprint density at radius 2 is 2.07 bits per heavy atom. The molecule has 1 aromatic rings. The molecule has 0 saturated carbocycles. The van der Waals surface area contributed by atoms with E-state index in [4.69, 9.17) is 5.84 Å². The molecule has 0 spiro atoms. The summed E-state index contributed by atoms with van der Waals surface area (Å²) < 4.78 is 1.84. The van der Waals surface area contributed by atoms with Crippen molar-refractivity contribution in [2.24, 2.45) is 18.8 Å². The topological polar surface area (TPSA) is 55.9 Å². The standard InChI is InChI=1S/C11H22N4/c1-5-9(6-2)11(13-12)10-7-15(4)14-8(10)3/h7,9,11,13H,5-6,12H2,1-4H3. The first kappa shape index (κ1) is 12.2. The predicted octanol–water partition coefficient (Wildman–Crippen LogP) is 1.67. The largest absolute Gasteiger partial charge is 0.275 e. The molecule has 0 aliphatic carbocycles. The zero-order chi connectivity index (χ0) is 11.4. The van der Waals surface area contributed by atoms with Gasteiger partial charge in [0.1, 0.15) is 0 Å². The van der Waals surface area contributed by atoms with Gasteiger partial charge in [-0.15, -0.1) is 0 Å². The highest BCUT2D eigenvalue weighted by Crippen LogP contribution is 2.28. The van der Waals surface area contributed by atoms with Crippen LogP contribution in [0.5, 0.6) is 0 Å². The van der Waals surface area contributed by atoms with E-state index in [0.717, 1.165) is 18.5 Å². The number of hydrogen-bond donors (Lipinski definition) is 2. The Balaban J connectivity index is 2.95. The number of nitrogens with zero attached hydrogens (tertiary/aromatic N) is 2. The van der Waals surface area contributed by atoms with Gasteiger partial charge in [0.2, 0.25) is 0 Å². The molecule has 0 amide bonds. The second kappa shape index (κ2) is 5.28. The van der Waals surface area contributed by atoms with Crippen LogP contribution < -0.4 is 11.3 Å². The first-order chi connectivity index (χ1) is 7.13. The highest BCUT2D eigenvalue weighted by atomic mass is 15.3. The summed E-state index contributed by atoms with van der Waals surface area (Å²) in [5, 5.41) is 4.35. The van der Waals surface area contributed by atoms with Crippen molar-refractivity contribution in [3.05, 3.63) is 17.5 Å². The van der Waals surface area contributed by atoms with Crippen LogP contribution in [0.3, 0.4) is 0 Å². The van der Waals surface area contributed by atoms with Crippen molar-refractivity contribution in [2.75, 3.05) is 0 Å². The lowest BCUT2D eigenvalue weighted by atomic mass is 9.90. The van der Waals surface area contributed by atoms with E-state index in [2.05, 4.69) is 30.6 Å². The smallest absolute Gasteiger partial charge is 0.0642 e. The van der Waals surface area contributed by atoms with E-state index in [0.29, 0.717) is 5.92 Å². The molecule has 1 aromatic heterocycles. The number of nitrogens with one attached hydrogen (secondary N) is 1. The normalized spacial score (nSPS) is 13.5. The Hall–Kier alpha value is -0.870. The first-order valence-electron chi connectivity index (χ1n) is 5.60. The highest BCUT2D eigenvalue weighted by Gasteiger charge is 2.22. The molecule has 0 aliphatic rings. The van der Waals surface area contributed by atoms with Gasteiger partial charge in [-0.05, 0) is 12.8 Å². The van der Waals surface area contributed by atoms with Crippen LogP contribution in [-0.2, 0) is 7.05 Å². The van der Waals surface area contributed by atoms with Crippen LogP contribution >= 0.6 is 0 Å². The zero-order valence-corrected chi connectivity index (χ0v) is 10.1. The second-order valence-electron chi connectivity index (χ2n) is 4.06. The van der Waals surface area contributed by atoms with Crippen LogP contribution in [0.2, 0.25) is 0 Å². The van der Waals surface area contributed by atoms with Crippen molar-refractivity contribution in [3.8, 4) is 0 Å². The number of rotatable bonds is 5. The molecule has 0 radical (unpaired) electrons. The van der Waals surface area contributed by atoms with Crippen molar-refractivity contribution >= 4 is 0 Å². The van der Waals surface area contributed by atoms with Crippen molar-refractivity contribution in [3.63, 3.8) is 0 Å². The summed E-state index contributed by atoms with van der Waals surface area (Å²) in [7, 11) is 1.94. The summed E-state index contributed by atoms with van der Waals surface area (Å²) in [6, 6.07) is 0.216. The van der Waals surface area contributed by atoms with Crippen LogP contribution in [0.15, 0.2) is 6.20 Å². The molecule has 4 nitrogen and oxygen atoms in total. The third-order valence-corrected chi connectivity index (χ3v) is 3.09. The Morgan fingerprint density at radius 3 is 2.40 bits per heavy atom. The average molecular weight is 210 g/mol. The van der Waals surface area contributed by atoms with Crippen molar-refractivity contribution in [1.82, 2.24) is 15.2 Å². The number of aryl methyl sites for hydroxylation is 2. The third-order valence-electron chi connectivity index (χ3n) is 3.09. The summed E-state index contributed by atoms with van der Waals surface area (Å²) in [5.41, 5.74) is 5.20. The minimum absolute atomic E-state index is 0.216. The fourth-order valence-electron chi connectivity index (χ4n) is 2.16. The van der Waals surface area contributed by atoms with E-state index in [1.165, 1.54) is 5.56 Å². The monoisotopic (exact) mass is 210 g/mol. The van der Waals surface area contributed by atoms with Gasteiger partial charge in [-0.3, -0.25) is 16.0 Å². The molecule has 3 N–H and O–H groups in total. The predicted molar refractivity (Wildman–Crippen MR) is 62.1 cm³/mol. The van der Waals surface area contributed by atoms with Crippen LogP contribution in [-0.4, -0.2) is 9.78 Å². The Labute approximate surface area is 91.8 Å². The number of hydrazine groups is 1. The van der Waals surface area contributed by atoms with Gasteiger partial charge in [0, 0.05) is 18.8 Å². The fraction of sp³-hybridized carbons (Fsp3) is 0.727. The highest BCUT2D eigenvalue weighted by molar-refractivity contribution is 5.20. The molecule has 0 aliphatic heterocycles. The number of nitrogens with two attached hydrogens (primary N) is 1. The van der Waals surface area contributed by atoms with Crippen molar-refractivity contribution in [2.45, 2.75) is 39.7 Å². The lowest BCUT2D eigenvalue weighted by molar-refractivity contribution is 0.344. The summed E-state index contributed by atoms with van der Waals surface area (Å²) in [4.78, 5) is 0. The molecule has 1 unspecified atom stereocenters. The summed E-state index contributed by atoms with van der Waals surface area (Å²) in [6.45, 7) is 6.43. The van der Waals surface area contributed by atoms with Gasteiger partial charge in [0.25, 0.3) is 0 Å². The lowest BCUT2D eigenvalue weighted by Gasteiger charge is -2.24. The molecule has 0 fully saturated rings. The maximum atomic E-state index is 5.65. The van der Waals surface area contributed by atoms with Gasteiger partial charge in [0.15, 0.2) is 0 Å². The molecule has 86 valence electrons. The molecular weight excluding hydrogens is 188 g/mol. The summed E-state index contributed by atoms with van der Waals surface area (Å²) in [5.74, 6) is 6.22. The Morgan fingerprint density at radius 1 is 1.47 bits per heavy atom. The van der Waals surface area contributed by atoms with Crippen molar-refractivity contribution < 1.29 is 0 Å². The maximum Gasteiger partial charge on any atom is 0.0642 e. The minimum Gasteiger partial charge on any atom is -0.275 e. The van der Waals surface area contributed by atoms with E-state index in [1.54, 1.807) is 0 Å². The lowest BCUT2D eigenvalue weighted by Crippen LogP contribution is -2.33. The summed E-state index contributed by atoms with van der Waals surface area (Å²) >= 11 is 0. The zero-order valence-electron chi connectivity index (χ0n) is 10.1. The average Bonchev–Trinajstić information content (AvgIpc) is 2.54. The maximum absolute atomic E-state index is 5.65. The van der Waals surface area contributed by atoms with E-state index in [9.17, 15) is 0 Å². The molecule has 15 heavy (non-hydrogen) atoms. The summed E-state index contributed by atoms with van der Waals surface area (Å²) in [6.07, 6.45) is 4.30. The first-order valence-corrected chi connectivity index (χ1v) is 5.60. The van der Waals surface area contributed by atoms with Crippen LogP contribution in [0.4, 0.5) is 0 Å². The van der Waals surface area contributed by atoms with Crippen LogP contribution in [0.1, 0.15) is 44.0 Å². The molecule has 1 heterocycles. The molecule has 0 bridgehead atoms. The Kier molecular flexibility index (Phi) is 4.29. The van der Waals surface area contributed by atoms with E-state index in [-0.39, 0.29) is 6.04 Å². The van der Waals surface area contributed by atoms with Gasteiger partial charge in [0.05, 0.1) is 11.7 Å². The number of hydrogen-bond acceptors (Lipinski definition) is 3. The minimum atomic E-state index is 0.216. The second-order valence-corrected chi connectivity index (χ2v) is 4.06. The molecule has 0 saturated heterocycles. The molecule has 0 aromatic carbocycles. The Bertz CT molecular complexity index is 302. The van der Waals surface area contributed by atoms with E-state index < -0.39 is 0 Å². The fourth-order valence-corrected chi connectivity index (χ4v) is 2.16. The van der Waals surface area contributed by atoms with Gasteiger partial charge in [-0.1, -0.05) is 26.7 Å². The quantitative estimate of drug-likeness (QED) is 0.574. The molecular formula is C11H22N4. The van der Waals surface area contributed by atoms with E-state index >= 15 is 0 Å². The molecule has 1 rings (SSSR count). The van der Waals surface area contributed by atoms with Gasteiger partial charge >= 0.3 is 0 Å². The van der Waals surface area contributed by atoms with Gasteiger partial charge < -0.3 is 0 Å².